The number of nitro groups is 1. The molecule has 10 nitrogen and oxygen atoms in total. The van der Waals surface area contributed by atoms with Crippen LogP contribution in [-0.2, 0) is 13.1 Å². The Morgan fingerprint density at radius 2 is 2.09 bits per heavy atom. The van der Waals surface area contributed by atoms with Crippen LogP contribution in [0.2, 0.25) is 0 Å². The number of imidazole rings is 1. The highest BCUT2D eigenvalue weighted by molar-refractivity contribution is 5.95. The van der Waals surface area contributed by atoms with E-state index in [1.807, 2.05) is 26.0 Å². The molecule has 0 bridgehead atoms. The third-order valence-electron chi connectivity index (χ3n) is 5.37. The van der Waals surface area contributed by atoms with E-state index < -0.39 is 16.6 Å². The van der Waals surface area contributed by atoms with E-state index in [2.05, 4.69) is 20.2 Å². The zero-order chi connectivity index (χ0) is 24.2. The molecule has 1 amide bonds. The lowest BCUT2D eigenvalue weighted by atomic mass is 10.1. The summed E-state index contributed by atoms with van der Waals surface area (Å²) in [6.45, 7) is 6.34. The van der Waals surface area contributed by atoms with E-state index in [-0.39, 0.29) is 23.4 Å². The number of carbonyl (C=O) groups is 1. The van der Waals surface area contributed by atoms with Crippen LogP contribution in [0.3, 0.4) is 0 Å². The summed E-state index contributed by atoms with van der Waals surface area (Å²) in [4.78, 5) is 33.0. The SMILES string of the molecule is CC(C)NC(=O)c1ccc(-c2cc(CN3CCOc4nc([N+](=O)[O-])cn4CC3)ccn2)cc1F. The van der Waals surface area contributed by atoms with Crippen molar-refractivity contribution in [3.8, 4) is 17.3 Å². The van der Waals surface area contributed by atoms with E-state index in [0.29, 0.717) is 44.0 Å². The fourth-order valence-corrected chi connectivity index (χ4v) is 3.72. The summed E-state index contributed by atoms with van der Waals surface area (Å²) in [5.41, 5.74) is 2.15. The summed E-state index contributed by atoms with van der Waals surface area (Å²) in [6.07, 6.45) is 3.04. The quantitative estimate of drug-likeness (QED) is 0.437. The van der Waals surface area contributed by atoms with Gasteiger partial charge in [-0.3, -0.25) is 19.2 Å². The highest BCUT2D eigenvalue weighted by Gasteiger charge is 2.23. The number of nitrogens with zero attached hydrogens (tertiary/aromatic N) is 5. The molecule has 0 fully saturated rings. The zero-order valence-electron chi connectivity index (χ0n) is 18.9. The molecule has 0 atom stereocenters. The number of fused-ring (bicyclic) bond motifs is 1. The first kappa shape index (κ1) is 23.3. The number of hydrogen-bond donors (Lipinski definition) is 1. The van der Waals surface area contributed by atoms with E-state index in [9.17, 15) is 19.3 Å². The minimum atomic E-state index is -0.603. The van der Waals surface area contributed by atoms with Crippen molar-refractivity contribution in [1.82, 2.24) is 24.8 Å². The fourth-order valence-electron chi connectivity index (χ4n) is 3.72. The lowest BCUT2D eigenvalue weighted by Crippen LogP contribution is -2.33. The predicted molar refractivity (Wildman–Crippen MR) is 122 cm³/mol. The van der Waals surface area contributed by atoms with Gasteiger partial charge in [0.1, 0.15) is 18.6 Å². The molecular weight excluding hydrogens is 443 g/mol. The monoisotopic (exact) mass is 468 g/mol. The molecule has 0 spiro atoms. The van der Waals surface area contributed by atoms with E-state index >= 15 is 0 Å². The van der Waals surface area contributed by atoms with Gasteiger partial charge in [-0.1, -0.05) is 6.07 Å². The van der Waals surface area contributed by atoms with Crippen molar-refractivity contribution in [2.24, 2.45) is 0 Å². The molecule has 1 N–H and O–H groups in total. The van der Waals surface area contributed by atoms with Gasteiger partial charge in [0.25, 0.3) is 5.91 Å². The number of ether oxygens (including phenoxy) is 1. The molecule has 1 aromatic carbocycles. The molecule has 178 valence electrons. The van der Waals surface area contributed by atoms with Gasteiger partial charge in [-0.25, -0.2) is 4.39 Å². The van der Waals surface area contributed by atoms with E-state index in [0.717, 1.165) is 5.56 Å². The van der Waals surface area contributed by atoms with Crippen LogP contribution in [0.1, 0.15) is 29.8 Å². The molecule has 0 unspecified atom stereocenters. The van der Waals surface area contributed by atoms with E-state index in [4.69, 9.17) is 4.74 Å². The van der Waals surface area contributed by atoms with Gasteiger partial charge in [-0.05, 0) is 48.6 Å². The first-order valence-electron chi connectivity index (χ1n) is 10.9. The van der Waals surface area contributed by atoms with Crippen LogP contribution in [-0.4, -0.2) is 56.0 Å². The van der Waals surface area contributed by atoms with Crippen LogP contribution < -0.4 is 10.1 Å². The second-order valence-electron chi connectivity index (χ2n) is 8.33. The van der Waals surface area contributed by atoms with Crippen LogP contribution in [0.15, 0.2) is 42.7 Å². The standard InChI is InChI=1S/C23H25FN6O4/c1-15(2)26-22(31)18-4-3-17(12-19(18)24)20-11-16(5-6-25-20)13-28-7-8-29-14-21(30(32)33)27-23(29)34-10-9-28/h3-6,11-12,14-15H,7-10,13H2,1-2H3,(H,26,31). The largest absolute Gasteiger partial charge is 0.444 e. The van der Waals surface area contributed by atoms with Gasteiger partial charge < -0.3 is 20.2 Å². The number of amides is 1. The summed E-state index contributed by atoms with van der Waals surface area (Å²) >= 11 is 0. The Bertz CT molecular complexity index is 1210. The van der Waals surface area contributed by atoms with Gasteiger partial charge in [0.2, 0.25) is 0 Å². The summed E-state index contributed by atoms with van der Waals surface area (Å²) in [6, 6.07) is 8.40. The highest BCUT2D eigenvalue weighted by Crippen LogP contribution is 2.23. The van der Waals surface area contributed by atoms with Crippen molar-refractivity contribution in [3.05, 3.63) is 69.8 Å². The summed E-state index contributed by atoms with van der Waals surface area (Å²) in [5.74, 6) is -1.29. The molecule has 0 aliphatic carbocycles. The van der Waals surface area contributed by atoms with Crippen LogP contribution in [0.25, 0.3) is 11.3 Å². The van der Waals surface area contributed by atoms with Crippen LogP contribution in [0.4, 0.5) is 10.2 Å². The Labute approximate surface area is 195 Å². The smallest absolute Gasteiger partial charge is 0.414 e. The van der Waals surface area contributed by atoms with Crippen LogP contribution in [0, 0.1) is 15.9 Å². The summed E-state index contributed by atoms with van der Waals surface area (Å²) in [5, 5.41) is 13.7. The van der Waals surface area contributed by atoms with Crippen molar-refractivity contribution in [1.29, 1.82) is 0 Å². The first-order valence-corrected chi connectivity index (χ1v) is 10.9. The van der Waals surface area contributed by atoms with Crippen molar-refractivity contribution >= 4 is 11.7 Å². The lowest BCUT2D eigenvalue weighted by molar-refractivity contribution is -0.389. The Kier molecular flexibility index (Phi) is 6.82. The number of hydrogen-bond acceptors (Lipinski definition) is 7. The van der Waals surface area contributed by atoms with Gasteiger partial charge in [-0.15, -0.1) is 0 Å². The highest BCUT2D eigenvalue weighted by atomic mass is 19.1. The average molecular weight is 468 g/mol. The second kappa shape index (κ2) is 9.96. The number of rotatable bonds is 6. The molecule has 4 rings (SSSR count). The normalized spacial score (nSPS) is 14.1. The Balaban J connectivity index is 1.46. The van der Waals surface area contributed by atoms with Crippen molar-refractivity contribution < 1.29 is 18.8 Å². The second-order valence-corrected chi connectivity index (χ2v) is 8.33. The van der Waals surface area contributed by atoms with Crippen molar-refractivity contribution in [2.45, 2.75) is 33.0 Å². The zero-order valence-corrected chi connectivity index (χ0v) is 18.9. The molecule has 1 aliphatic rings. The van der Waals surface area contributed by atoms with Crippen molar-refractivity contribution in [3.63, 3.8) is 0 Å². The topological polar surface area (TPSA) is 115 Å². The molecule has 1 aliphatic heterocycles. The number of pyridine rings is 1. The molecule has 0 radical (unpaired) electrons. The van der Waals surface area contributed by atoms with Gasteiger partial charge in [-0.2, -0.15) is 0 Å². The van der Waals surface area contributed by atoms with Crippen LogP contribution >= 0.6 is 0 Å². The fraction of sp³-hybridized carbons (Fsp3) is 0.348. The van der Waals surface area contributed by atoms with Crippen LogP contribution in [0.5, 0.6) is 6.01 Å². The Morgan fingerprint density at radius 3 is 2.82 bits per heavy atom. The number of carbonyl (C=O) groups excluding carboxylic acids is 1. The Hall–Kier alpha value is -3.86. The molecule has 3 aromatic rings. The van der Waals surface area contributed by atoms with Gasteiger partial charge >= 0.3 is 11.8 Å². The number of nitrogens with one attached hydrogen (secondary N) is 1. The number of aromatic nitrogens is 3. The molecular formula is C23H25FN6O4. The van der Waals surface area contributed by atoms with E-state index in [1.165, 1.54) is 18.3 Å². The minimum absolute atomic E-state index is 0.00616. The first-order chi connectivity index (χ1) is 16.3. The van der Waals surface area contributed by atoms with E-state index in [1.54, 1.807) is 16.8 Å². The molecule has 0 saturated heterocycles. The lowest BCUT2D eigenvalue weighted by Gasteiger charge is -2.24. The summed E-state index contributed by atoms with van der Waals surface area (Å²) < 4.78 is 21.9. The van der Waals surface area contributed by atoms with Gasteiger partial charge in [0, 0.05) is 49.0 Å². The average Bonchev–Trinajstić information content (AvgIpc) is 3.18. The number of halogens is 1. The molecule has 11 heteroatoms. The Morgan fingerprint density at radius 1 is 1.26 bits per heavy atom. The molecule has 3 heterocycles. The molecule has 2 aromatic heterocycles. The maximum absolute atomic E-state index is 14.6. The molecule has 0 saturated carbocycles. The van der Waals surface area contributed by atoms with Gasteiger partial charge in [0.05, 0.1) is 11.3 Å². The van der Waals surface area contributed by atoms with Crippen molar-refractivity contribution in [2.75, 3.05) is 19.7 Å². The third-order valence-corrected chi connectivity index (χ3v) is 5.37. The predicted octanol–water partition coefficient (Wildman–Crippen LogP) is 3.03. The number of benzene rings is 1. The maximum Gasteiger partial charge on any atom is 0.414 e. The third kappa shape index (κ3) is 5.37. The minimum Gasteiger partial charge on any atom is -0.444 e. The summed E-state index contributed by atoms with van der Waals surface area (Å²) in [7, 11) is 0. The van der Waals surface area contributed by atoms with Gasteiger partial charge in [0.15, 0.2) is 0 Å². The molecule has 34 heavy (non-hydrogen) atoms. The maximum atomic E-state index is 14.6.